The van der Waals surface area contributed by atoms with Crippen LogP contribution in [0.4, 0.5) is 4.39 Å². The van der Waals surface area contributed by atoms with E-state index in [0.717, 1.165) is 19.3 Å². The predicted molar refractivity (Wildman–Crippen MR) is 73.4 cm³/mol. The lowest BCUT2D eigenvalue weighted by Gasteiger charge is -2.22. The molecule has 2 heterocycles. The maximum atomic E-state index is 14.0. The highest BCUT2D eigenvalue weighted by atomic mass is 19.1. The van der Waals surface area contributed by atoms with E-state index in [1.54, 1.807) is 22.9 Å². The summed E-state index contributed by atoms with van der Waals surface area (Å²) in [5.41, 5.74) is 6.20. The zero-order chi connectivity index (χ0) is 14.6. The Morgan fingerprint density at radius 1 is 1.38 bits per heavy atom. The molecule has 108 valence electrons. The van der Waals surface area contributed by atoms with Gasteiger partial charge in [-0.1, -0.05) is 12.1 Å². The average molecular weight is 287 g/mol. The molecule has 2 N–H and O–H groups in total. The molecule has 1 aliphatic heterocycles. The molecule has 0 radical (unpaired) electrons. The van der Waals surface area contributed by atoms with Gasteiger partial charge in [-0.3, -0.25) is 4.79 Å². The summed E-state index contributed by atoms with van der Waals surface area (Å²) in [6.07, 6.45) is 2.88. The summed E-state index contributed by atoms with van der Waals surface area (Å²) < 4.78 is 21.6. The maximum Gasteiger partial charge on any atom is 0.256 e. The number of carbonyl (C=O) groups excluding carboxylic acids is 1. The minimum Gasteiger partial charge on any atom is -0.474 e. The van der Waals surface area contributed by atoms with Crippen molar-refractivity contribution in [1.29, 1.82) is 0 Å². The van der Waals surface area contributed by atoms with Crippen molar-refractivity contribution in [3.05, 3.63) is 35.6 Å². The van der Waals surface area contributed by atoms with Crippen LogP contribution >= 0.6 is 0 Å². The SMILES string of the molecule is NC(=O)c1c(-c2ccccc2F)nn2c1OC1CCC2C1. The van der Waals surface area contributed by atoms with Crippen LogP contribution in [0, 0.1) is 5.82 Å². The molecule has 2 atom stereocenters. The Bertz CT molecular complexity index is 741. The molecular weight excluding hydrogens is 273 g/mol. The number of primary amides is 1. The third-order valence-electron chi connectivity index (χ3n) is 4.22. The van der Waals surface area contributed by atoms with E-state index < -0.39 is 11.7 Å². The molecule has 0 saturated heterocycles. The van der Waals surface area contributed by atoms with E-state index >= 15 is 0 Å². The molecule has 1 fully saturated rings. The molecule has 0 spiro atoms. The normalized spacial score (nSPS) is 22.7. The van der Waals surface area contributed by atoms with Crippen LogP contribution in [0.3, 0.4) is 0 Å². The molecule has 2 bridgehead atoms. The molecule has 6 heteroatoms. The maximum absolute atomic E-state index is 14.0. The molecule has 1 aromatic carbocycles. The fraction of sp³-hybridized carbons (Fsp3) is 0.333. The van der Waals surface area contributed by atoms with Crippen molar-refractivity contribution in [3.8, 4) is 17.1 Å². The fourth-order valence-corrected chi connectivity index (χ4v) is 3.25. The minimum atomic E-state index is -0.643. The zero-order valence-corrected chi connectivity index (χ0v) is 11.3. The Morgan fingerprint density at radius 2 is 2.19 bits per heavy atom. The number of benzene rings is 1. The fourth-order valence-electron chi connectivity index (χ4n) is 3.25. The summed E-state index contributed by atoms with van der Waals surface area (Å²) in [6, 6.07) is 6.43. The molecule has 2 unspecified atom stereocenters. The van der Waals surface area contributed by atoms with E-state index in [2.05, 4.69) is 5.10 Å². The van der Waals surface area contributed by atoms with Gasteiger partial charge in [0.1, 0.15) is 23.2 Å². The van der Waals surface area contributed by atoms with Crippen LogP contribution in [-0.2, 0) is 0 Å². The van der Waals surface area contributed by atoms with Gasteiger partial charge in [-0.15, -0.1) is 0 Å². The summed E-state index contributed by atoms with van der Waals surface area (Å²) in [4.78, 5) is 11.8. The molecule has 21 heavy (non-hydrogen) atoms. The summed E-state index contributed by atoms with van der Waals surface area (Å²) >= 11 is 0. The zero-order valence-electron chi connectivity index (χ0n) is 11.3. The number of hydrogen-bond donors (Lipinski definition) is 1. The Balaban J connectivity index is 1.95. The number of halogens is 1. The summed E-state index contributed by atoms with van der Waals surface area (Å²) in [6.45, 7) is 0. The van der Waals surface area contributed by atoms with Crippen molar-refractivity contribution in [2.75, 3.05) is 0 Å². The number of nitrogens with zero attached hydrogens (tertiary/aromatic N) is 2. The van der Waals surface area contributed by atoms with Gasteiger partial charge in [0.25, 0.3) is 5.91 Å². The van der Waals surface area contributed by atoms with Gasteiger partial charge in [0.15, 0.2) is 0 Å². The summed E-state index contributed by atoms with van der Waals surface area (Å²) in [5, 5.41) is 4.43. The highest BCUT2D eigenvalue weighted by Gasteiger charge is 2.39. The van der Waals surface area contributed by atoms with Gasteiger partial charge in [0, 0.05) is 12.0 Å². The van der Waals surface area contributed by atoms with E-state index in [0.29, 0.717) is 5.88 Å². The first-order valence-corrected chi connectivity index (χ1v) is 6.99. The first-order chi connectivity index (χ1) is 10.1. The number of carbonyl (C=O) groups is 1. The lowest BCUT2D eigenvalue weighted by Crippen LogP contribution is -2.24. The topological polar surface area (TPSA) is 70.1 Å². The standard InChI is InChI=1S/C15H14FN3O2/c16-11-4-2-1-3-10(11)13-12(14(17)20)15-19(18-13)8-5-6-9(7-8)21-15/h1-4,8-9H,5-7H2,(H2,17,20). The molecule has 2 aliphatic rings. The monoisotopic (exact) mass is 287 g/mol. The molecular formula is C15H14FN3O2. The van der Waals surface area contributed by atoms with Crippen molar-refractivity contribution in [3.63, 3.8) is 0 Å². The second kappa shape index (κ2) is 4.31. The number of hydrogen-bond acceptors (Lipinski definition) is 3. The van der Waals surface area contributed by atoms with Crippen LogP contribution in [0.2, 0.25) is 0 Å². The van der Waals surface area contributed by atoms with Gasteiger partial charge in [0.05, 0.1) is 6.04 Å². The average Bonchev–Trinajstić information content (AvgIpc) is 3.02. The molecule has 4 rings (SSSR count). The van der Waals surface area contributed by atoms with Gasteiger partial charge >= 0.3 is 0 Å². The van der Waals surface area contributed by atoms with Crippen LogP contribution in [0.15, 0.2) is 24.3 Å². The quantitative estimate of drug-likeness (QED) is 0.921. The molecule has 1 saturated carbocycles. The first-order valence-electron chi connectivity index (χ1n) is 6.99. The van der Waals surface area contributed by atoms with E-state index in [-0.39, 0.29) is 29.0 Å². The number of rotatable bonds is 2. The Labute approximate surface area is 120 Å². The molecule has 1 aliphatic carbocycles. The second-order valence-corrected chi connectivity index (χ2v) is 5.52. The molecule has 5 nitrogen and oxygen atoms in total. The van der Waals surface area contributed by atoms with E-state index in [4.69, 9.17) is 10.5 Å². The summed E-state index contributed by atoms with van der Waals surface area (Å²) in [5.74, 6) is -0.684. The number of aromatic nitrogens is 2. The van der Waals surface area contributed by atoms with E-state index in [1.165, 1.54) is 6.07 Å². The lowest BCUT2D eigenvalue weighted by atomic mass is 10.1. The van der Waals surface area contributed by atoms with Crippen LogP contribution in [0.1, 0.15) is 35.7 Å². The van der Waals surface area contributed by atoms with E-state index in [9.17, 15) is 9.18 Å². The van der Waals surface area contributed by atoms with Gasteiger partial charge in [-0.25, -0.2) is 9.07 Å². The van der Waals surface area contributed by atoms with Gasteiger partial charge in [0.2, 0.25) is 5.88 Å². The van der Waals surface area contributed by atoms with Crippen molar-refractivity contribution in [2.24, 2.45) is 5.73 Å². The Morgan fingerprint density at radius 3 is 2.95 bits per heavy atom. The summed E-state index contributed by atoms with van der Waals surface area (Å²) in [7, 11) is 0. The van der Waals surface area contributed by atoms with Crippen molar-refractivity contribution >= 4 is 5.91 Å². The van der Waals surface area contributed by atoms with Crippen LogP contribution < -0.4 is 10.5 Å². The number of fused-ring (bicyclic) bond motifs is 4. The minimum absolute atomic E-state index is 0.103. The predicted octanol–water partition coefficient (Wildman–Crippen LogP) is 2.27. The highest BCUT2D eigenvalue weighted by molar-refractivity contribution is 6.01. The van der Waals surface area contributed by atoms with E-state index in [1.807, 2.05) is 0 Å². The molecule has 2 aromatic rings. The lowest BCUT2D eigenvalue weighted by molar-refractivity contribution is 0.0986. The Kier molecular flexibility index (Phi) is 2.54. The van der Waals surface area contributed by atoms with Gasteiger partial charge in [-0.05, 0) is 25.0 Å². The first kappa shape index (κ1) is 12.4. The van der Waals surface area contributed by atoms with Gasteiger partial charge in [-0.2, -0.15) is 5.10 Å². The third kappa shape index (κ3) is 1.75. The number of amides is 1. The largest absolute Gasteiger partial charge is 0.474 e. The van der Waals surface area contributed by atoms with Crippen molar-refractivity contribution in [2.45, 2.75) is 31.4 Å². The van der Waals surface area contributed by atoms with Crippen molar-refractivity contribution < 1.29 is 13.9 Å². The molecule has 1 aromatic heterocycles. The Hall–Kier alpha value is -2.37. The number of ether oxygens (including phenoxy) is 1. The molecule has 1 amide bonds. The highest BCUT2D eigenvalue weighted by Crippen LogP contribution is 2.44. The smallest absolute Gasteiger partial charge is 0.256 e. The number of nitrogens with two attached hydrogens (primary N) is 1. The van der Waals surface area contributed by atoms with Crippen molar-refractivity contribution in [1.82, 2.24) is 9.78 Å². The van der Waals surface area contributed by atoms with Crippen LogP contribution in [-0.4, -0.2) is 21.8 Å². The van der Waals surface area contributed by atoms with Gasteiger partial charge < -0.3 is 10.5 Å². The van der Waals surface area contributed by atoms with Crippen LogP contribution in [0.5, 0.6) is 5.88 Å². The second-order valence-electron chi connectivity index (χ2n) is 5.52. The third-order valence-corrected chi connectivity index (χ3v) is 4.22. The van der Waals surface area contributed by atoms with Crippen LogP contribution in [0.25, 0.3) is 11.3 Å².